The van der Waals surface area contributed by atoms with Crippen LogP contribution in [0.3, 0.4) is 0 Å². The van der Waals surface area contributed by atoms with Crippen molar-refractivity contribution in [2.24, 2.45) is 0 Å². The summed E-state index contributed by atoms with van der Waals surface area (Å²) in [6, 6.07) is 115. The number of benzene rings is 13. The molecule has 0 unspecified atom stereocenters. The first-order valence-electron chi connectivity index (χ1n) is 30.0. The van der Waals surface area contributed by atoms with Gasteiger partial charge >= 0.3 is 0 Å². The Balaban J connectivity index is 1.09. The molecule has 0 aliphatic carbocycles. The van der Waals surface area contributed by atoms with Crippen LogP contribution in [0.1, 0.15) is 26.3 Å². The molecule has 0 saturated heterocycles. The second-order valence-corrected chi connectivity index (χ2v) is 24.0. The lowest BCUT2D eigenvalue weighted by Gasteiger charge is -2.46. The molecule has 0 saturated carbocycles. The van der Waals surface area contributed by atoms with Crippen LogP contribution in [-0.4, -0.2) is 11.3 Å². The lowest BCUT2D eigenvalue weighted by molar-refractivity contribution is 0.590. The van der Waals surface area contributed by atoms with Gasteiger partial charge in [0.05, 0.1) is 22.4 Å². The van der Waals surface area contributed by atoms with Gasteiger partial charge in [-0.1, -0.05) is 282 Å². The van der Waals surface area contributed by atoms with Gasteiger partial charge in [-0.05, 0) is 120 Å². The topological polar surface area (TPSA) is 11.4 Å². The molecule has 3 nitrogen and oxygen atoms in total. The third kappa shape index (κ3) is 8.43. The van der Waals surface area contributed by atoms with Crippen molar-refractivity contribution in [1.29, 1.82) is 0 Å². The Morgan fingerprint density at radius 1 is 0.279 bits per heavy atom. The van der Waals surface area contributed by atoms with Crippen molar-refractivity contribution in [3.8, 4) is 72.4 Å². The summed E-state index contributed by atoms with van der Waals surface area (Å²) >= 11 is 0. The monoisotopic (exact) mass is 1100 g/mol. The quantitative estimate of drug-likeness (QED) is 0.133. The van der Waals surface area contributed by atoms with Gasteiger partial charge in [-0.2, -0.15) is 0 Å². The zero-order valence-electron chi connectivity index (χ0n) is 48.4. The third-order valence-electron chi connectivity index (χ3n) is 17.9. The van der Waals surface area contributed by atoms with Crippen LogP contribution in [0, 0.1) is 0 Å². The van der Waals surface area contributed by atoms with Gasteiger partial charge in [0, 0.05) is 61.5 Å². The van der Waals surface area contributed by atoms with Crippen LogP contribution in [0.5, 0.6) is 0 Å². The number of rotatable bonds is 9. The molecule has 2 aliphatic rings. The molecule has 16 rings (SSSR count). The maximum absolute atomic E-state index is 2.66. The van der Waals surface area contributed by atoms with Gasteiger partial charge in [0.2, 0.25) is 0 Å². The lowest BCUT2D eigenvalue weighted by Crippen LogP contribution is -2.61. The fourth-order valence-electron chi connectivity index (χ4n) is 13.9. The summed E-state index contributed by atoms with van der Waals surface area (Å²) < 4.78 is 2.49. The Hall–Kier alpha value is -10.7. The number of aromatic nitrogens is 1. The molecule has 0 atom stereocenters. The van der Waals surface area contributed by atoms with E-state index < -0.39 is 0 Å². The molecule has 0 amide bonds. The van der Waals surface area contributed by atoms with E-state index >= 15 is 0 Å². The van der Waals surface area contributed by atoms with E-state index in [1.807, 2.05) is 0 Å². The normalized spacial score (nSPS) is 12.5. The zero-order valence-corrected chi connectivity index (χ0v) is 48.4. The Morgan fingerprint density at radius 2 is 0.651 bits per heavy atom. The molecule has 0 bridgehead atoms. The molecule has 3 heterocycles. The summed E-state index contributed by atoms with van der Waals surface area (Å²) in [6.45, 7) is 6.68. The number of hydrogen-bond donors (Lipinski definition) is 0. The lowest BCUT2D eigenvalue weighted by atomic mass is 9.33. The molecule has 0 spiro atoms. The van der Waals surface area contributed by atoms with Crippen LogP contribution in [0.4, 0.5) is 34.1 Å². The highest BCUT2D eigenvalue weighted by Gasteiger charge is 2.46. The summed E-state index contributed by atoms with van der Waals surface area (Å²) in [6.07, 6.45) is 0. The molecule has 4 heteroatoms. The summed E-state index contributed by atoms with van der Waals surface area (Å²) in [5.41, 5.74) is 29.1. The minimum absolute atomic E-state index is 0.0186. The van der Waals surface area contributed by atoms with Crippen LogP contribution >= 0.6 is 0 Å². The summed E-state index contributed by atoms with van der Waals surface area (Å²) in [5.74, 6) is 0. The van der Waals surface area contributed by atoms with Crippen molar-refractivity contribution in [3.63, 3.8) is 0 Å². The van der Waals surface area contributed by atoms with Gasteiger partial charge in [-0.3, -0.25) is 0 Å². The predicted molar refractivity (Wildman–Crippen MR) is 366 cm³/mol. The molecule has 1 aromatic heterocycles. The zero-order chi connectivity index (χ0) is 57.5. The maximum atomic E-state index is 2.66. The summed E-state index contributed by atoms with van der Waals surface area (Å²) in [5, 5.41) is 2.47. The third-order valence-corrected chi connectivity index (χ3v) is 17.9. The molecule has 13 aromatic carbocycles. The van der Waals surface area contributed by atoms with E-state index in [1.54, 1.807) is 0 Å². The standard InChI is InChI=1S/C82H60BN3/c1-82(2,3)63-46-43-56(44-47-63)62-52-77-79-78(53-62)86(81-67(59-31-15-7-16-32-59)39-24-40-68(81)60-33-17-8-18-34-60)76-50-48-64(84-73-41-21-19-35-69(73)70-36-20-22-42-74(70)84)54-72(76)83(79)71-51-61(55-25-9-4-10-26-55)45-49-75(71)85(77)80-65(57-27-11-5-12-28-57)37-23-38-66(80)58-29-13-6-14-30-58/h4-54H,1-3H3. The van der Waals surface area contributed by atoms with E-state index in [-0.39, 0.29) is 12.1 Å². The molecule has 0 radical (unpaired) electrons. The van der Waals surface area contributed by atoms with E-state index in [1.165, 1.54) is 54.9 Å². The van der Waals surface area contributed by atoms with Crippen molar-refractivity contribution in [2.45, 2.75) is 26.2 Å². The summed E-state index contributed by atoms with van der Waals surface area (Å²) in [7, 11) is 0. The first-order chi connectivity index (χ1) is 42.3. The van der Waals surface area contributed by atoms with Gasteiger partial charge < -0.3 is 14.4 Å². The predicted octanol–water partition coefficient (Wildman–Crippen LogP) is 20.2. The number of hydrogen-bond acceptors (Lipinski definition) is 2. The van der Waals surface area contributed by atoms with Crippen LogP contribution < -0.4 is 26.2 Å². The number of anilines is 6. The fourth-order valence-corrected chi connectivity index (χ4v) is 13.9. The van der Waals surface area contributed by atoms with Gasteiger partial charge in [-0.15, -0.1) is 0 Å². The van der Waals surface area contributed by atoms with Crippen LogP contribution in [0.25, 0.3) is 94.3 Å². The largest absolute Gasteiger partial charge is 0.310 e. The van der Waals surface area contributed by atoms with E-state index in [0.29, 0.717) is 0 Å². The Morgan fingerprint density at radius 3 is 1.09 bits per heavy atom. The molecule has 14 aromatic rings. The Kier molecular flexibility index (Phi) is 12.2. The molecule has 406 valence electrons. The minimum atomic E-state index is -0.223. The van der Waals surface area contributed by atoms with Gasteiger partial charge in [0.25, 0.3) is 6.71 Å². The van der Waals surface area contributed by atoms with E-state index in [2.05, 4.69) is 345 Å². The van der Waals surface area contributed by atoms with Crippen LogP contribution in [0.2, 0.25) is 0 Å². The fraction of sp³-hybridized carbons (Fsp3) is 0.0488. The summed E-state index contributed by atoms with van der Waals surface area (Å²) in [4.78, 5) is 5.31. The molecular formula is C82H60BN3. The highest BCUT2D eigenvalue weighted by Crippen LogP contribution is 2.54. The smallest absolute Gasteiger partial charge is 0.252 e. The van der Waals surface area contributed by atoms with Gasteiger partial charge in [-0.25, -0.2) is 0 Å². The van der Waals surface area contributed by atoms with Crippen LogP contribution in [-0.2, 0) is 5.41 Å². The number of nitrogens with zero attached hydrogens (tertiary/aromatic N) is 3. The molecule has 0 N–H and O–H groups in total. The maximum Gasteiger partial charge on any atom is 0.252 e. The van der Waals surface area contributed by atoms with Crippen molar-refractivity contribution in [2.75, 3.05) is 9.80 Å². The second kappa shape index (κ2) is 20.6. The molecule has 86 heavy (non-hydrogen) atoms. The van der Waals surface area contributed by atoms with E-state index in [4.69, 9.17) is 0 Å². The first-order valence-corrected chi connectivity index (χ1v) is 30.0. The van der Waals surface area contributed by atoms with Crippen molar-refractivity contribution >= 4 is 79.0 Å². The SMILES string of the molecule is CC(C)(C)c1ccc(-c2cc3c4c(c2)N(c2c(-c5ccccc5)cccc2-c2ccccc2)c2ccc(-n5c6ccccc6c6ccccc65)cc2B4c2cc(-c4ccccc4)ccc2N3c2c(-c3ccccc3)cccc2-c2ccccc2)cc1. The molecule has 2 aliphatic heterocycles. The average Bonchev–Trinajstić information content (AvgIpc) is 0.789. The van der Waals surface area contributed by atoms with Gasteiger partial charge in [0.1, 0.15) is 0 Å². The molecule has 0 fully saturated rings. The van der Waals surface area contributed by atoms with Crippen molar-refractivity contribution in [3.05, 3.63) is 315 Å². The van der Waals surface area contributed by atoms with E-state index in [9.17, 15) is 0 Å². The highest BCUT2D eigenvalue weighted by atomic mass is 15.2. The Labute approximate surface area is 504 Å². The second-order valence-electron chi connectivity index (χ2n) is 24.0. The van der Waals surface area contributed by atoms with E-state index in [0.717, 1.165) is 95.4 Å². The average molecular weight is 1100 g/mol. The number of para-hydroxylation sites is 4. The minimum Gasteiger partial charge on any atom is -0.310 e. The molecular weight excluding hydrogens is 1040 g/mol. The van der Waals surface area contributed by atoms with Crippen molar-refractivity contribution < 1.29 is 0 Å². The number of fused-ring (bicyclic) bond motifs is 7. The Bertz CT molecular complexity index is 4710. The van der Waals surface area contributed by atoms with Gasteiger partial charge in [0.15, 0.2) is 0 Å². The highest BCUT2D eigenvalue weighted by molar-refractivity contribution is 7.00. The van der Waals surface area contributed by atoms with Crippen molar-refractivity contribution in [1.82, 2.24) is 4.57 Å². The van der Waals surface area contributed by atoms with Crippen LogP contribution in [0.15, 0.2) is 309 Å². The first kappa shape index (κ1) is 51.0.